The Balaban J connectivity index is 2.25. The molecule has 0 bridgehead atoms. The van der Waals surface area contributed by atoms with Crippen LogP contribution in [0.5, 0.6) is 0 Å². The molecule has 1 heteroatoms. The Morgan fingerprint density at radius 3 is 2.92 bits per heavy atom. The van der Waals surface area contributed by atoms with Gasteiger partial charge in [-0.25, -0.2) is 0 Å². The zero-order valence-electron chi connectivity index (χ0n) is 8.03. The van der Waals surface area contributed by atoms with Crippen molar-refractivity contribution in [1.82, 2.24) is 0 Å². The van der Waals surface area contributed by atoms with Crippen LogP contribution in [-0.2, 0) is 4.74 Å². The number of ether oxygens (including phenoxy) is 1. The van der Waals surface area contributed by atoms with Gasteiger partial charge in [0, 0.05) is 0 Å². The summed E-state index contributed by atoms with van der Waals surface area (Å²) in [4.78, 5) is 0. The highest BCUT2D eigenvalue weighted by molar-refractivity contribution is 5.42. The number of hydrogen-bond donors (Lipinski definition) is 0. The zero-order chi connectivity index (χ0) is 9.26. The van der Waals surface area contributed by atoms with Gasteiger partial charge in [0.05, 0.1) is 6.26 Å². The molecule has 0 fully saturated rings. The van der Waals surface area contributed by atoms with Gasteiger partial charge in [0.2, 0.25) is 0 Å². The highest BCUT2D eigenvalue weighted by atomic mass is 16.5. The van der Waals surface area contributed by atoms with Crippen molar-refractivity contribution in [2.24, 2.45) is 5.92 Å². The molecule has 1 nitrogen and oxygen atoms in total. The second kappa shape index (κ2) is 3.25. The standard InChI is InChI=1S/C12H14O/c1-9(2)11-7-10-5-3-4-6-12(10)13-8-11/h3-9,12H,1-2H3. The lowest BCUT2D eigenvalue weighted by Crippen LogP contribution is -2.15. The maximum absolute atomic E-state index is 5.59. The molecule has 0 amide bonds. The topological polar surface area (TPSA) is 9.23 Å². The van der Waals surface area contributed by atoms with Gasteiger partial charge in [0.1, 0.15) is 6.10 Å². The Hall–Kier alpha value is -1.24. The van der Waals surface area contributed by atoms with Gasteiger partial charge >= 0.3 is 0 Å². The van der Waals surface area contributed by atoms with E-state index in [1.807, 2.05) is 12.3 Å². The molecule has 0 saturated heterocycles. The SMILES string of the molecule is CC(C)C1=COC2C=CC=CC2=C1. The summed E-state index contributed by atoms with van der Waals surface area (Å²) in [5.41, 5.74) is 2.53. The second-order valence-corrected chi connectivity index (χ2v) is 3.72. The third-order valence-electron chi connectivity index (χ3n) is 2.36. The Kier molecular flexibility index (Phi) is 2.09. The molecule has 0 saturated carbocycles. The van der Waals surface area contributed by atoms with E-state index in [9.17, 15) is 0 Å². The number of rotatable bonds is 1. The fourth-order valence-electron chi connectivity index (χ4n) is 1.47. The monoisotopic (exact) mass is 174 g/mol. The average Bonchev–Trinajstić information content (AvgIpc) is 2.17. The van der Waals surface area contributed by atoms with Crippen LogP contribution in [0.2, 0.25) is 0 Å². The molecule has 13 heavy (non-hydrogen) atoms. The molecule has 0 radical (unpaired) electrons. The van der Waals surface area contributed by atoms with Crippen molar-refractivity contribution < 1.29 is 4.74 Å². The molecule has 2 aliphatic rings. The first kappa shape index (κ1) is 8.36. The Morgan fingerprint density at radius 2 is 2.15 bits per heavy atom. The smallest absolute Gasteiger partial charge is 0.141 e. The first-order chi connectivity index (χ1) is 6.27. The number of fused-ring (bicyclic) bond motifs is 1. The minimum atomic E-state index is 0.146. The van der Waals surface area contributed by atoms with Crippen molar-refractivity contribution in [2.45, 2.75) is 20.0 Å². The fraction of sp³-hybridized carbons (Fsp3) is 0.333. The molecule has 0 aromatic carbocycles. The Bertz CT molecular complexity index is 316. The van der Waals surface area contributed by atoms with E-state index >= 15 is 0 Å². The normalized spacial score (nSPS) is 25.0. The van der Waals surface area contributed by atoms with E-state index in [1.54, 1.807) is 0 Å². The minimum absolute atomic E-state index is 0.146. The maximum Gasteiger partial charge on any atom is 0.141 e. The first-order valence-electron chi connectivity index (χ1n) is 4.69. The van der Waals surface area contributed by atoms with E-state index in [4.69, 9.17) is 4.74 Å². The van der Waals surface area contributed by atoms with Gasteiger partial charge in [-0.05, 0) is 29.2 Å². The molecular weight excluding hydrogens is 160 g/mol. The van der Waals surface area contributed by atoms with Crippen LogP contribution < -0.4 is 0 Å². The Labute approximate surface area is 79.1 Å². The second-order valence-electron chi connectivity index (χ2n) is 3.72. The Morgan fingerprint density at radius 1 is 1.31 bits per heavy atom. The highest BCUT2D eigenvalue weighted by Gasteiger charge is 2.17. The van der Waals surface area contributed by atoms with E-state index in [2.05, 4.69) is 38.2 Å². The van der Waals surface area contributed by atoms with Crippen LogP contribution in [0.4, 0.5) is 0 Å². The molecule has 0 spiro atoms. The van der Waals surface area contributed by atoms with Crippen LogP contribution in [0, 0.1) is 5.92 Å². The van der Waals surface area contributed by atoms with Crippen LogP contribution in [0.15, 0.2) is 47.8 Å². The van der Waals surface area contributed by atoms with Gasteiger partial charge in [-0.1, -0.05) is 32.1 Å². The van der Waals surface area contributed by atoms with Gasteiger partial charge in [-0.15, -0.1) is 0 Å². The molecule has 2 rings (SSSR count). The highest BCUT2D eigenvalue weighted by Crippen LogP contribution is 2.25. The lowest BCUT2D eigenvalue weighted by molar-refractivity contribution is 0.210. The van der Waals surface area contributed by atoms with Gasteiger partial charge in [-0.3, -0.25) is 0 Å². The predicted octanol–water partition coefficient (Wildman–Crippen LogP) is 2.98. The lowest BCUT2D eigenvalue weighted by atomic mass is 9.95. The maximum atomic E-state index is 5.59. The average molecular weight is 174 g/mol. The summed E-state index contributed by atoms with van der Waals surface area (Å²) in [6.07, 6.45) is 12.5. The quantitative estimate of drug-likeness (QED) is 0.593. The molecule has 1 unspecified atom stereocenters. The third-order valence-corrected chi connectivity index (χ3v) is 2.36. The van der Waals surface area contributed by atoms with Crippen molar-refractivity contribution >= 4 is 0 Å². The molecule has 0 aromatic rings. The molecule has 1 aliphatic heterocycles. The van der Waals surface area contributed by atoms with Crippen molar-refractivity contribution in [3.63, 3.8) is 0 Å². The summed E-state index contributed by atoms with van der Waals surface area (Å²) in [6, 6.07) is 0. The van der Waals surface area contributed by atoms with Crippen LogP contribution >= 0.6 is 0 Å². The van der Waals surface area contributed by atoms with Crippen molar-refractivity contribution in [3.05, 3.63) is 47.8 Å². The van der Waals surface area contributed by atoms with E-state index < -0.39 is 0 Å². The van der Waals surface area contributed by atoms with Crippen molar-refractivity contribution in [1.29, 1.82) is 0 Å². The molecule has 0 N–H and O–H groups in total. The molecule has 68 valence electrons. The van der Waals surface area contributed by atoms with Crippen LogP contribution in [0.3, 0.4) is 0 Å². The van der Waals surface area contributed by atoms with E-state index in [0.29, 0.717) is 5.92 Å². The zero-order valence-corrected chi connectivity index (χ0v) is 8.03. The van der Waals surface area contributed by atoms with Crippen LogP contribution in [0.25, 0.3) is 0 Å². The van der Waals surface area contributed by atoms with Gasteiger partial charge < -0.3 is 4.74 Å². The van der Waals surface area contributed by atoms with E-state index in [-0.39, 0.29) is 6.10 Å². The van der Waals surface area contributed by atoms with Crippen LogP contribution in [0.1, 0.15) is 13.8 Å². The summed E-state index contributed by atoms with van der Waals surface area (Å²) in [7, 11) is 0. The largest absolute Gasteiger partial charge is 0.489 e. The van der Waals surface area contributed by atoms with E-state index in [0.717, 1.165) is 0 Å². The van der Waals surface area contributed by atoms with Gasteiger partial charge in [-0.2, -0.15) is 0 Å². The van der Waals surface area contributed by atoms with Gasteiger partial charge in [0.15, 0.2) is 0 Å². The summed E-state index contributed by atoms with van der Waals surface area (Å²) in [5, 5.41) is 0. The molecule has 1 atom stereocenters. The summed E-state index contributed by atoms with van der Waals surface area (Å²) in [6.45, 7) is 4.35. The number of allylic oxidation sites excluding steroid dienone is 4. The predicted molar refractivity (Wildman–Crippen MR) is 54.2 cm³/mol. The third kappa shape index (κ3) is 1.59. The minimum Gasteiger partial charge on any atom is -0.489 e. The summed E-state index contributed by atoms with van der Waals surface area (Å²) < 4.78 is 5.59. The summed E-state index contributed by atoms with van der Waals surface area (Å²) in [5.74, 6) is 0.535. The van der Waals surface area contributed by atoms with Gasteiger partial charge in [0.25, 0.3) is 0 Å². The van der Waals surface area contributed by atoms with Crippen molar-refractivity contribution in [3.8, 4) is 0 Å². The molecule has 1 heterocycles. The molecule has 1 aliphatic carbocycles. The lowest BCUT2D eigenvalue weighted by Gasteiger charge is -2.23. The number of hydrogen-bond acceptors (Lipinski definition) is 1. The first-order valence-corrected chi connectivity index (χ1v) is 4.69. The van der Waals surface area contributed by atoms with Crippen LogP contribution in [-0.4, -0.2) is 6.10 Å². The molecular formula is C12H14O. The fourth-order valence-corrected chi connectivity index (χ4v) is 1.47. The molecule has 0 aromatic heterocycles. The van der Waals surface area contributed by atoms with E-state index in [1.165, 1.54) is 11.1 Å². The van der Waals surface area contributed by atoms with Crippen molar-refractivity contribution in [2.75, 3.05) is 0 Å². The summed E-state index contributed by atoms with van der Waals surface area (Å²) >= 11 is 0.